The van der Waals surface area contributed by atoms with Crippen molar-refractivity contribution in [1.82, 2.24) is 15.1 Å². The standard InChI is InChI=1S/C15H19N3O3/c1-2-3-6-14(19)16-9-10-18-15(20)8-7-12(17-18)13-5-4-11-21-13/h4-5,7-8,11H,2-3,6,9-10H2,1H3,(H,16,19). The van der Waals surface area contributed by atoms with Crippen LogP contribution in [0.2, 0.25) is 0 Å². The number of carbonyl (C=O) groups excluding carboxylic acids is 1. The predicted molar refractivity (Wildman–Crippen MR) is 78.7 cm³/mol. The first kappa shape index (κ1) is 15.0. The van der Waals surface area contributed by atoms with Gasteiger partial charge in [0.25, 0.3) is 5.56 Å². The third kappa shape index (κ3) is 4.30. The molecular formula is C15H19N3O3. The lowest BCUT2D eigenvalue weighted by molar-refractivity contribution is -0.121. The van der Waals surface area contributed by atoms with Gasteiger partial charge in [0.05, 0.1) is 12.8 Å². The van der Waals surface area contributed by atoms with Gasteiger partial charge in [0, 0.05) is 19.0 Å². The molecule has 112 valence electrons. The van der Waals surface area contributed by atoms with Crippen LogP contribution in [0, 0.1) is 0 Å². The van der Waals surface area contributed by atoms with E-state index < -0.39 is 0 Å². The molecule has 0 saturated carbocycles. The normalized spacial score (nSPS) is 10.5. The number of furan rings is 1. The van der Waals surface area contributed by atoms with E-state index in [-0.39, 0.29) is 11.5 Å². The van der Waals surface area contributed by atoms with E-state index in [1.54, 1.807) is 24.5 Å². The van der Waals surface area contributed by atoms with Gasteiger partial charge in [-0.15, -0.1) is 0 Å². The zero-order valence-electron chi connectivity index (χ0n) is 12.0. The van der Waals surface area contributed by atoms with Crippen molar-refractivity contribution in [3.05, 3.63) is 40.9 Å². The SMILES string of the molecule is CCCCC(=O)NCCn1nc(-c2ccco2)ccc1=O. The predicted octanol–water partition coefficient (Wildman–Crippen LogP) is 1.81. The fraction of sp³-hybridized carbons (Fsp3) is 0.400. The van der Waals surface area contributed by atoms with Crippen LogP contribution in [0.3, 0.4) is 0 Å². The van der Waals surface area contributed by atoms with Gasteiger partial charge in [-0.25, -0.2) is 4.68 Å². The highest BCUT2D eigenvalue weighted by Crippen LogP contribution is 2.14. The maximum atomic E-state index is 11.7. The molecule has 6 nitrogen and oxygen atoms in total. The second-order valence-electron chi connectivity index (χ2n) is 4.71. The van der Waals surface area contributed by atoms with Gasteiger partial charge in [0.1, 0.15) is 5.69 Å². The van der Waals surface area contributed by atoms with Crippen molar-refractivity contribution >= 4 is 5.91 Å². The molecule has 1 amide bonds. The van der Waals surface area contributed by atoms with Crippen LogP contribution in [-0.2, 0) is 11.3 Å². The Bertz CT molecular complexity index is 632. The molecule has 0 spiro atoms. The monoisotopic (exact) mass is 289 g/mol. The van der Waals surface area contributed by atoms with Crippen molar-refractivity contribution in [2.24, 2.45) is 0 Å². The Labute approximate surface area is 122 Å². The lowest BCUT2D eigenvalue weighted by Crippen LogP contribution is -2.31. The Morgan fingerprint density at radius 3 is 2.95 bits per heavy atom. The fourth-order valence-corrected chi connectivity index (χ4v) is 1.89. The van der Waals surface area contributed by atoms with Crippen LogP contribution in [0.25, 0.3) is 11.5 Å². The molecule has 0 bridgehead atoms. The zero-order chi connectivity index (χ0) is 15.1. The van der Waals surface area contributed by atoms with E-state index in [9.17, 15) is 9.59 Å². The lowest BCUT2D eigenvalue weighted by atomic mass is 10.2. The van der Waals surface area contributed by atoms with Gasteiger partial charge in [-0.2, -0.15) is 5.10 Å². The van der Waals surface area contributed by atoms with Gasteiger partial charge in [0.2, 0.25) is 5.91 Å². The Morgan fingerprint density at radius 1 is 1.38 bits per heavy atom. The molecule has 0 saturated heterocycles. The minimum absolute atomic E-state index is 0.00656. The van der Waals surface area contributed by atoms with Gasteiger partial charge in [-0.05, 0) is 24.6 Å². The number of hydrogen-bond donors (Lipinski definition) is 1. The fourth-order valence-electron chi connectivity index (χ4n) is 1.89. The van der Waals surface area contributed by atoms with E-state index in [4.69, 9.17) is 4.42 Å². The smallest absolute Gasteiger partial charge is 0.266 e. The molecule has 2 aromatic rings. The number of unbranched alkanes of at least 4 members (excludes halogenated alkanes) is 1. The van der Waals surface area contributed by atoms with Crippen molar-refractivity contribution in [3.63, 3.8) is 0 Å². The number of rotatable bonds is 7. The number of nitrogens with zero attached hydrogens (tertiary/aromatic N) is 2. The largest absolute Gasteiger partial charge is 0.463 e. The quantitative estimate of drug-likeness (QED) is 0.843. The van der Waals surface area contributed by atoms with Crippen molar-refractivity contribution in [2.75, 3.05) is 6.54 Å². The number of carbonyl (C=O) groups is 1. The summed E-state index contributed by atoms with van der Waals surface area (Å²) >= 11 is 0. The molecule has 0 unspecified atom stereocenters. The summed E-state index contributed by atoms with van der Waals surface area (Å²) in [6.45, 7) is 2.76. The maximum absolute atomic E-state index is 11.7. The first-order chi connectivity index (χ1) is 10.2. The van der Waals surface area contributed by atoms with Crippen molar-refractivity contribution in [1.29, 1.82) is 0 Å². The third-order valence-corrected chi connectivity index (χ3v) is 3.04. The highest BCUT2D eigenvalue weighted by Gasteiger charge is 2.06. The summed E-state index contributed by atoms with van der Waals surface area (Å²) < 4.78 is 6.59. The average molecular weight is 289 g/mol. The van der Waals surface area contributed by atoms with Crippen molar-refractivity contribution < 1.29 is 9.21 Å². The molecule has 0 atom stereocenters. The molecule has 0 aliphatic rings. The summed E-state index contributed by atoms with van der Waals surface area (Å²) in [6.07, 6.45) is 3.93. The molecule has 21 heavy (non-hydrogen) atoms. The minimum atomic E-state index is -0.201. The van der Waals surface area contributed by atoms with Gasteiger partial charge < -0.3 is 9.73 Å². The second-order valence-corrected chi connectivity index (χ2v) is 4.71. The van der Waals surface area contributed by atoms with Gasteiger partial charge in [-0.3, -0.25) is 9.59 Å². The number of amides is 1. The number of nitrogens with one attached hydrogen (secondary N) is 1. The van der Waals surface area contributed by atoms with E-state index in [1.165, 1.54) is 10.7 Å². The highest BCUT2D eigenvalue weighted by molar-refractivity contribution is 5.75. The van der Waals surface area contributed by atoms with Crippen LogP contribution in [0.4, 0.5) is 0 Å². The second kappa shape index (κ2) is 7.42. The summed E-state index contributed by atoms with van der Waals surface area (Å²) in [7, 11) is 0. The summed E-state index contributed by atoms with van der Waals surface area (Å²) in [5.74, 6) is 0.614. The molecule has 1 N–H and O–H groups in total. The average Bonchev–Trinajstić information content (AvgIpc) is 3.01. The van der Waals surface area contributed by atoms with Crippen LogP contribution in [0.1, 0.15) is 26.2 Å². The molecule has 0 aliphatic heterocycles. The van der Waals surface area contributed by atoms with E-state index in [0.717, 1.165) is 12.8 Å². The molecule has 2 aromatic heterocycles. The number of hydrogen-bond acceptors (Lipinski definition) is 4. The summed E-state index contributed by atoms with van der Waals surface area (Å²) in [4.78, 5) is 23.2. The van der Waals surface area contributed by atoms with Gasteiger partial charge in [-0.1, -0.05) is 13.3 Å². The molecule has 0 aromatic carbocycles. The highest BCUT2D eigenvalue weighted by atomic mass is 16.3. The molecule has 2 rings (SSSR count). The molecule has 0 radical (unpaired) electrons. The molecule has 0 aliphatic carbocycles. The molecular weight excluding hydrogens is 270 g/mol. The molecule has 6 heteroatoms. The minimum Gasteiger partial charge on any atom is -0.463 e. The maximum Gasteiger partial charge on any atom is 0.266 e. The van der Waals surface area contributed by atoms with Crippen LogP contribution in [-0.4, -0.2) is 22.2 Å². The Balaban J connectivity index is 1.95. The Hall–Kier alpha value is -2.37. The van der Waals surface area contributed by atoms with E-state index >= 15 is 0 Å². The van der Waals surface area contributed by atoms with E-state index in [0.29, 0.717) is 31.0 Å². The van der Waals surface area contributed by atoms with Crippen molar-refractivity contribution in [3.8, 4) is 11.5 Å². The van der Waals surface area contributed by atoms with E-state index in [1.807, 2.05) is 6.92 Å². The third-order valence-electron chi connectivity index (χ3n) is 3.04. The van der Waals surface area contributed by atoms with E-state index in [2.05, 4.69) is 10.4 Å². The molecule has 2 heterocycles. The summed E-state index contributed by atoms with van der Waals surface area (Å²) in [5, 5.41) is 7.02. The topological polar surface area (TPSA) is 77.1 Å². The number of aromatic nitrogens is 2. The summed E-state index contributed by atoms with van der Waals surface area (Å²) in [6, 6.07) is 6.62. The Morgan fingerprint density at radius 2 is 2.24 bits per heavy atom. The van der Waals surface area contributed by atoms with Crippen LogP contribution < -0.4 is 10.9 Å². The first-order valence-electron chi connectivity index (χ1n) is 7.09. The summed E-state index contributed by atoms with van der Waals surface area (Å²) in [5.41, 5.74) is 0.394. The van der Waals surface area contributed by atoms with Gasteiger partial charge in [0.15, 0.2) is 5.76 Å². The van der Waals surface area contributed by atoms with Crippen LogP contribution in [0.5, 0.6) is 0 Å². The van der Waals surface area contributed by atoms with Crippen LogP contribution in [0.15, 0.2) is 39.7 Å². The van der Waals surface area contributed by atoms with Gasteiger partial charge >= 0.3 is 0 Å². The zero-order valence-corrected chi connectivity index (χ0v) is 12.0. The first-order valence-corrected chi connectivity index (χ1v) is 7.09. The van der Waals surface area contributed by atoms with Crippen LogP contribution >= 0.6 is 0 Å². The lowest BCUT2D eigenvalue weighted by Gasteiger charge is -2.07. The van der Waals surface area contributed by atoms with Crippen molar-refractivity contribution in [2.45, 2.75) is 32.7 Å². The Kier molecular flexibility index (Phi) is 5.31. The molecule has 0 fully saturated rings.